The molecule has 1 N–H and O–H groups in total. The molecule has 0 saturated carbocycles. The van der Waals surface area contributed by atoms with Gasteiger partial charge in [-0.05, 0) is 37.1 Å². The number of carbonyl (C=O) groups excluding carboxylic acids is 1. The number of benzene rings is 1. The van der Waals surface area contributed by atoms with E-state index in [2.05, 4.69) is 15.3 Å². The standard InChI is InChI=1S/C20H17FN4OS/c1-13(8-14-4-3-7-22-10-14)23-19(26)18-12-27-20-24-17(11-25(18)20)15-5-2-6-16(21)9-15/h2-7,9-13H,8H2,1H3,(H,23,26)/t13-/m0/s1. The van der Waals surface area contributed by atoms with Gasteiger partial charge in [-0.3, -0.25) is 14.2 Å². The largest absolute Gasteiger partial charge is 0.348 e. The molecule has 1 aromatic carbocycles. The molecule has 0 unspecified atom stereocenters. The van der Waals surface area contributed by atoms with Gasteiger partial charge in [-0.2, -0.15) is 0 Å². The van der Waals surface area contributed by atoms with Crippen molar-refractivity contribution in [1.82, 2.24) is 19.7 Å². The van der Waals surface area contributed by atoms with E-state index in [0.29, 0.717) is 28.3 Å². The first-order valence-electron chi connectivity index (χ1n) is 8.52. The summed E-state index contributed by atoms with van der Waals surface area (Å²) in [4.78, 5) is 22.0. The fraction of sp³-hybridized carbons (Fsp3) is 0.150. The first-order chi connectivity index (χ1) is 13.1. The third-order valence-corrected chi connectivity index (χ3v) is 5.04. The molecule has 0 saturated heterocycles. The van der Waals surface area contributed by atoms with Crippen LogP contribution in [0.3, 0.4) is 0 Å². The van der Waals surface area contributed by atoms with Crippen LogP contribution in [-0.2, 0) is 6.42 Å². The van der Waals surface area contributed by atoms with Gasteiger partial charge in [0.05, 0.1) is 5.69 Å². The molecule has 0 bridgehead atoms. The van der Waals surface area contributed by atoms with Crippen LogP contribution in [0.4, 0.5) is 4.39 Å². The highest BCUT2D eigenvalue weighted by atomic mass is 32.1. The molecule has 0 radical (unpaired) electrons. The van der Waals surface area contributed by atoms with Gasteiger partial charge in [0.25, 0.3) is 5.91 Å². The van der Waals surface area contributed by atoms with Crippen molar-refractivity contribution in [3.05, 3.63) is 77.4 Å². The van der Waals surface area contributed by atoms with Crippen LogP contribution in [0.15, 0.2) is 60.4 Å². The molecule has 0 fully saturated rings. The molecule has 27 heavy (non-hydrogen) atoms. The van der Waals surface area contributed by atoms with E-state index < -0.39 is 0 Å². The maximum absolute atomic E-state index is 13.5. The van der Waals surface area contributed by atoms with E-state index in [1.165, 1.54) is 23.5 Å². The second-order valence-corrected chi connectivity index (χ2v) is 7.19. The average Bonchev–Trinajstić information content (AvgIpc) is 3.23. The van der Waals surface area contributed by atoms with E-state index in [4.69, 9.17) is 0 Å². The SMILES string of the molecule is C[C@@H](Cc1cccnc1)NC(=O)c1csc2nc(-c3cccc(F)c3)cn12. The molecule has 0 aliphatic rings. The van der Waals surface area contributed by atoms with Crippen molar-refractivity contribution in [3.63, 3.8) is 0 Å². The van der Waals surface area contributed by atoms with Crippen molar-refractivity contribution < 1.29 is 9.18 Å². The highest BCUT2D eigenvalue weighted by Crippen LogP contribution is 2.24. The smallest absolute Gasteiger partial charge is 0.269 e. The zero-order valence-electron chi connectivity index (χ0n) is 14.6. The number of pyridine rings is 1. The van der Waals surface area contributed by atoms with Crippen molar-refractivity contribution in [2.45, 2.75) is 19.4 Å². The number of amides is 1. The Morgan fingerprint density at radius 2 is 2.22 bits per heavy atom. The third-order valence-electron chi connectivity index (χ3n) is 4.20. The van der Waals surface area contributed by atoms with Gasteiger partial charge in [0.2, 0.25) is 0 Å². The quantitative estimate of drug-likeness (QED) is 0.570. The van der Waals surface area contributed by atoms with Gasteiger partial charge in [0, 0.05) is 35.6 Å². The predicted molar refractivity (Wildman–Crippen MR) is 103 cm³/mol. The Balaban J connectivity index is 1.54. The van der Waals surface area contributed by atoms with Crippen molar-refractivity contribution in [3.8, 4) is 11.3 Å². The lowest BCUT2D eigenvalue weighted by molar-refractivity contribution is 0.0934. The number of hydrogen-bond acceptors (Lipinski definition) is 4. The molecular formula is C20H17FN4OS. The summed E-state index contributed by atoms with van der Waals surface area (Å²) in [6, 6.07) is 10.1. The van der Waals surface area contributed by atoms with Gasteiger partial charge in [0.15, 0.2) is 4.96 Å². The second kappa shape index (κ2) is 7.28. The minimum atomic E-state index is -0.314. The molecule has 0 aliphatic heterocycles. The average molecular weight is 380 g/mol. The summed E-state index contributed by atoms with van der Waals surface area (Å²) in [5.41, 5.74) is 2.90. The highest BCUT2D eigenvalue weighted by Gasteiger charge is 2.17. The van der Waals surface area contributed by atoms with E-state index in [1.807, 2.05) is 19.1 Å². The molecule has 136 valence electrons. The van der Waals surface area contributed by atoms with E-state index in [-0.39, 0.29) is 17.8 Å². The number of rotatable bonds is 5. The van der Waals surface area contributed by atoms with E-state index in [0.717, 1.165) is 5.56 Å². The lowest BCUT2D eigenvalue weighted by Crippen LogP contribution is -2.34. The van der Waals surface area contributed by atoms with Gasteiger partial charge < -0.3 is 5.32 Å². The fourth-order valence-electron chi connectivity index (χ4n) is 2.96. The Morgan fingerprint density at radius 1 is 1.33 bits per heavy atom. The molecule has 7 heteroatoms. The monoisotopic (exact) mass is 380 g/mol. The van der Waals surface area contributed by atoms with Crippen LogP contribution in [0, 0.1) is 5.82 Å². The number of carbonyl (C=O) groups is 1. The number of hydrogen-bond donors (Lipinski definition) is 1. The van der Waals surface area contributed by atoms with E-state index >= 15 is 0 Å². The van der Waals surface area contributed by atoms with Gasteiger partial charge in [-0.15, -0.1) is 11.3 Å². The Hall–Kier alpha value is -3.06. The molecule has 1 atom stereocenters. The van der Waals surface area contributed by atoms with E-state index in [9.17, 15) is 9.18 Å². The van der Waals surface area contributed by atoms with Crippen molar-refractivity contribution in [2.75, 3.05) is 0 Å². The number of nitrogens with zero attached hydrogens (tertiary/aromatic N) is 3. The van der Waals surface area contributed by atoms with Crippen LogP contribution in [0.1, 0.15) is 23.0 Å². The third kappa shape index (κ3) is 3.73. The molecular weight excluding hydrogens is 363 g/mol. The summed E-state index contributed by atoms with van der Waals surface area (Å²) < 4.78 is 15.2. The number of nitrogens with one attached hydrogen (secondary N) is 1. The van der Waals surface area contributed by atoms with Crippen LogP contribution >= 0.6 is 11.3 Å². The lowest BCUT2D eigenvalue weighted by atomic mass is 10.1. The summed E-state index contributed by atoms with van der Waals surface area (Å²) in [7, 11) is 0. The molecule has 4 rings (SSSR count). The Bertz CT molecular complexity index is 1090. The fourth-order valence-corrected chi connectivity index (χ4v) is 3.81. The molecule has 5 nitrogen and oxygen atoms in total. The zero-order chi connectivity index (χ0) is 18.8. The van der Waals surface area contributed by atoms with Crippen LogP contribution in [0.5, 0.6) is 0 Å². The Morgan fingerprint density at radius 3 is 3.00 bits per heavy atom. The molecule has 1 amide bonds. The molecule has 3 heterocycles. The van der Waals surface area contributed by atoms with Crippen LogP contribution in [-0.4, -0.2) is 26.3 Å². The maximum Gasteiger partial charge on any atom is 0.269 e. The summed E-state index contributed by atoms with van der Waals surface area (Å²) in [5.74, 6) is -0.480. The number of fused-ring (bicyclic) bond motifs is 1. The van der Waals surface area contributed by atoms with Crippen LogP contribution in [0.2, 0.25) is 0 Å². The van der Waals surface area contributed by atoms with Gasteiger partial charge in [0.1, 0.15) is 11.5 Å². The first-order valence-corrected chi connectivity index (χ1v) is 9.40. The number of thiazole rings is 1. The van der Waals surface area contributed by atoms with Crippen LogP contribution in [0.25, 0.3) is 16.2 Å². The molecule has 3 aromatic heterocycles. The Labute approximate surface area is 159 Å². The number of imidazole rings is 1. The number of aromatic nitrogens is 3. The van der Waals surface area contributed by atoms with Gasteiger partial charge in [-0.25, -0.2) is 9.37 Å². The predicted octanol–water partition coefficient (Wildman–Crippen LogP) is 3.96. The minimum absolute atomic E-state index is 0.0390. The van der Waals surface area contributed by atoms with Crippen molar-refractivity contribution in [1.29, 1.82) is 0 Å². The summed E-state index contributed by atoms with van der Waals surface area (Å²) >= 11 is 1.38. The molecule has 4 aromatic rings. The lowest BCUT2D eigenvalue weighted by Gasteiger charge is -2.13. The zero-order valence-corrected chi connectivity index (χ0v) is 15.4. The molecule has 0 aliphatic carbocycles. The summed E-state index contributed by atoms with van der Waals surface area (Å²) in [6.45, 7) is 1.96. The highest BCUT2D eigenvalue weighted by molar-refractivity contribution is 7.15. The van der Waals surface area contributed by atoms with Gasteiger partial charge in [-0.1, -0.05) is 18.2 Å². The van der Waals surface area contributed by atoms with Crippen molar-refractivity contribution >= 4 is 22.2 Å². The summed E-state index contributed by atoms with van der Waals surface area (Å²) in [5, 5.41) is 4.79. The normalized spacial score (nSPS) is 12.2. The first kappa shape index (κ1) is 17.4. The summed E-state index contributed by atoms with van der Waals surface area (Å²) in [6.07, 6.45) is 5.99. The Kier molecular flexibility index (Phi) is 4.68. The number of halogens is 1. The minimum Gasteiger partial charge on any atom is -0.348 e. The molecule has 0 spiro atoms. The van der Waals surface area contributed by atoms with Gasteiger partial charge >= 0.3 is 0 Å². The topological polar surface area (TPSA) is 59.3 Å². The maximum atomic E-state index is 13.5. The van der Waals surface area contributed by atoms with Crippen LogP contribution < -0.4 is 5.32 Å². The second-order valence-electron chi connectivity index (χ2n) is 6.35. The van der Waals surface area contributed by atoms with E-state index in [1.54, 1.807) is 40.5 Å². The van der Waals surface area contributed by atoms with Crippen molar-refractivity contribution in [2.24, 2.45) is 0 Å².